The Bertz CT molecular complexity index is 610. The molecule has 0 aliphatic heterocycles. The molecule has 0 bridgehead atoms. The number of carbonyl (C=O) groups is 2. The third-order valence-electron chi connectivity index (χ3n) is 2.50. The predicted octanol–water partition coefficient (Wildman–Crippen LogP) is 1.60. The van der Waals surface area contributed by atoms with Crippen molar-refractivity contribution < 1.29 is 19.1 Å². The molecule has 2 rings (SSSR count). The maximum absolute atomic E-state index is 11.8. The van der Waals surface area contributed by atoms with Gasteiger partial charge in [-0.15, -0.1) is 0 Å². The van der Waals surface area contributed by atoms with Crippen molar-refractivity contribution in [3.63, 3.8) is 0 Å². The van der Waals surface area contributed by atoms with Crippen LogP contribution in [-0.2, 0) is 9.53 Å². The van der Waals surface area contributed by atoms with Crippen molar-refractivity contribution in [2.24, 2.45) is 0 Å². The number of rotatable bonds is 6. The lowest BCUT2D eigenvalue weighted by Crippen LogP contribution is -2.15. The Morgan fingerprint density at radius 2 is 2.19 bits per heavy atom. The lowest BCUT2D eigenvalue weighted by atomic mass is 10.3. The summed E-state index contributed by atoms with van der Waals surface area (Å²) in [5, 5.41) is 8.97. The smallest absolute Gasteiger partial charge is 0.344 e. The van der Waals surface area contributed by atoms with Crippen LogP contribution in [0.15, 0.2) is 36.5 Å². The lowest BCUT2D eigenvalue weighted by molar-refractivity contribution is -0.145. The van der Waals surface area contributed by atoms with E-state index < -0.39 is 5.97 Å². The first-order chi connectivity index (χ1) is 10.2. The Labute approximate surface area is 121 Å². The van der Waals surface area contributed by atoms with Crippen LogP contribution in [-0.4, -0.2) is 35.3 Å². The zero-order valence-corrected chi connectivity index (χ0v) is 11.5. The Morgan fingerprint density at radius 3 is 2.90 bits per heavy atom. The number of benzene rings is 1. The average molecular weight is 289 g/mol. The number of ether oxygens (including phenoxy) is 2. The Morgan fingerprint density at radius 1 is 1.33 bits per heavy atom. The Balaban J connectivity index is 1.94. The van der Waals surface area contributed by atoms with Crippen LogP contribution >= 0.6 is 0 Å². The van der Waals surface area contributed by atoms with Crippen LogP contribution in [0, 0.1) is 0 Å². The minimum absolute atomic E-state index is 0.175. The number of hydrogen-bond donors (Lipinski definition) is 2. The van der Waals surface area contributed by atoms with Crippen LogP contribution in [0.2, 0.25) is 0 Å². The van der Waals surface area contributed by atoms with Crippen LogP contribution in [0.3, 0.4) is 0 Å². The molecule has 7 heteroatoms. The summed E-state index contributed by atoms with van der Waals surface area (Å²) < 4.78 is 10.0. The number of nitrogens with zero attached hydrogens (tertiary/aromatic N) is 1. The minimum Gasteiger partial charge on any atom is -0.482 e. The SMILES string of the molecule is CCOC(=O)COc1cccc(NC(=O)c2ccn[nH]2)c1. The number of H-pyrrole nitrogens is 1. The minimum atomic E-state index is -0.440. The fraction of sp³-hybridized carbons (Fsp3) is 0.214. The molecule has 1 amide bonds. The van der Waals surface area contributed by atoms with E-state index in [1.807, 2.05) is 0 Å². The van der Waals surface area contributed by atoms with Crippen LogP contribution in [0.25, 0.3) is 0 Å². The number of aromatic amines is 1. The fourth-order valence-corrected chi connectivity index (χ4v) is 1.59. The van der Waals surface area contributed by atoms with E-state index in [1.165, 1.54) is 6.20 Å². The molecule has 0 spiro atoms. The van der Waals surface area contributed by atoms with Gasteiger partial charge in [-0.2, -0.15) is 5.10 Å². The van der Waals surface area contributed by atoms with E-state index in [-0.39, 0.29) is 12.5 Å². The van der Waals surface area contributed by atoms with Gasteiger partial charge in [-0.3, -0.25) is 9.89 Å². The molecule has 0 saturated carbocycles. The summed E-state index contributed by atoms with van der Waals surface area (Å²) in [5.41, 5.74) is 0.906. The van der Waals surface area contributed by atoms with Crippen molar-refractivity contribution in [2.45, 2.75) is 6.92 Å². The number of amides is 1. The normalized spacial score (nSPS) is 9.95. The van der Waals surface area contributed by atoms with E-state index in [4.69, 9.17) is 9.47 Å². The van der Waals surface area contributed by atoms with Crippen molar-refractivity contribution in [3.05, 3.63) is 42.2 Å². The van der Waals surface area contributed by atoms with Crippen molar-refractivity contribution in [1.82, 2.24) is 10.2 Å². The molecule has 0 aliphatic rings. The fourth-order valence-electron chi connectivity index (χ4n) is 1.59. The second kappa shape index (κ2) is 7.09. The maximum Gasteiger partial charge on any atom is 0.344 e. The van der Waals surface area contributed by atoms with Gasteiger partial charge in [0, 0.05) is 18.0 Å². The highest BCUT2D eigenvalue weighted by atomic mass is 16.6. The van der Waals surface area contributed by atoms with Crippen molar-refractivity contribution in [2.75, 3.05) is 18.5 Å². The number of anilines is 1. The van der Waals surface area contributed by atoms with E-state index in [0.717, 1.165) is 0 Å². The summed E-state index contributed by atoms with van der Waals surface area (Å²) in [5.74, 6) is -0.287. The molecule has 1 aromatic carbocycles. The summed E-state index contributed by atoms with van der Waals surface area (Å²) in [7, 11) is 0. The van der Waals surface area contributed by atoms with Gasteiger partial charge in [0.25, 0.3) is 5.91 Å². The molecule has 2 N–H and O–H groups in total. The van der Waals surface area contributed by atoms with Gasteiger partial charge in [-0.25, -0.2) is 4.79 Å². The molecule has 0 unspecified atom stereocenters. The Kier molecular flexibility index (Phi) is 4.92. The van der Waals surface area contributed by atoms with Crippen molar-refractivity contribution in [3.8, 4) is 5.75 Å². The van der Waals surface area contributed by atoms with Gasteiger partial charge in [0.2, 0.25) is 0 Å². The largest absolute Gasteiger partial charge is 0.482 e. The summed E-state index contributed by atoms with van der Waals surface area (Å²) in [6, 6.07) is 8.30. The quantitative estimate of drug-likeness (QED) is 0.788. The number of esters is 1. The van der Waals surface area contributed by atoms with E-state index in [2.05, 4.69) is 15.5 Å². The third-order valence-corrected chi connectivity index (χ3v) is 2.50. The molecule has 1 heterocycles. The average Bonchev–Trinajstić information content (AvgIpc) is 3.00. The van der Waals surface area contributed by atoms with Crippen LogP contribution in [0.4, 0.5) is 5.69 Å². The third kappa shape index (κ3) is 4.34. The topological polar surface area (TPSA) is 93.3 Å². The van der Waals surface area contributed by atoms with E-state index in [0.29, 0.717) is 23.7 Å². The molecule has 110 valence electrons. The molecule has 2 aromatic rings. The first kappa shape index (κ1) is 14.6. The summed E-state index contributed by atoms with van der Waals surface area (Å²) in [6.07, 6.45) is 1.49. The van der Waals surface area contributed by atoms with Gasteiger partial charge in [-0.1, -0.05) is 6.07 Å². The van der Waals surface area contributed by atoms with E-state index in [9.17, 15) is 9.59 Å². The zero-order chi connectivity index (χ0) is 15.1. The van der Waals surface area contributed by atoms with Crippen LogP contribution in [0.1, 0.15) is 17.4 Å². The van der Waals surface area contributed by atoms with Gasteiger partial charge in [-0.05, 0) is 25.1 Å². The molecule has 0 fully saturated rings. The molecule has 1 aromatic heterocycles. The Hall–Kier alpha value is -2.83. The molecule has 0 radical (unpaired) electrons. The van der Waals surface area contributed by atoms with Gasteiger partial charge in [0.05, 0.1) is 6.61 Å². The summed E-state index contributed by atoms with van der Waals surface area (Å²) in [4.78, 5) is 23.0. The molecule has 21 heavy (non-hydrogen) atoms. The lowest BCUT2D eigenvalue weighted by Gasteiger charge is -2.08. The van der Waals surface area contributed by atoms with Crippen molar-refractivity contribution in [1.29, 1.82) is 0 Å². The number of aromatic nitrogens is 2. The highest BCUT2D eigenvalue weighted by Crippen LogP contribution is 2.17. The van der Waals surface area contributed by atoms with Gasteiger partial charge in [0.1, 0.15) is 11.4 Å². The monoisotopic (exact) mass is 289 g/mol. The second-order valence-corrected chi connectivity index (χ2v) is 4.05. The molecular formula is C14H15N3O4. The van der Waals surface area contributed by atoms with Crippen molar-refractivity contribution >= 4 is 17.6 Å². The van der Waals surface area contributed by atoms with Crippen LogP contribution in [0.5, 0.6) is 5.75 Å². The van der Waals surface area contributed by atoms with Gasteiger partial charge in [0.15, 0.2) is 6.61 Å². The highest BCUT2D eigenvalue weighted by Gasteiger charge is 2.08. The summed E-state index contributed by atoms with van der Waals surface area (Å²) in [6.45, 7) is 1.86. The van der Waals surface area contributed by atoms with Gasteiger partial charge >= 0.3 is 5.97 Å². The standard InChI is InChI=1S/C14H15N3O4/c1-2-20-13(18)9-21-11-5-3-4-10(8-11)16-14(19)12-6-7-15-17-12/h3-8H,2,9H2,1H3,(H,15,17)(H,16,19). The van der Waals surface area contributed by atoms with E-state index >= 15 is 0 Å². The molecule has 0 aliphatic carbocycles. The van der Waals surface area contributed by atoms with Crippen LogP contribution < -0.4 is 10.1 Å². The summed E-state index contributed by atoms with van der Waals surface area (Å²) >= 11 is 0. The molecule has 0 saturated heterocycles. The second-order valence-electron chi connectivity index (χ2n) is 4.05. The molecular weight excluding hydrogens is 274 g/mol. The maximum atomic E-state index is 11.8. The number of hydrogen-bond acceptors (Lipinski definition) is 5. The first-order valence-corrected chi connectivity index (χ1v) is 6.38. The molecule has 7 nitrogen and oxygen atoms in total. The highest BCUT2D eigenvalue weighted by molar-refractivity contribution is 6.02. The van der Waals surface area contributed by atoms with Gasteiger partial charge < -0.3 is 14.8 Å². The predicted molar refractivity (Wildman–Crippen MR) is 75.1 cm³/mol. The first-order valence-electron chi connectivity index (χ1n) is 6.38. The molecule has 0 atom stereocenters. The number of nitrogens with one attached hydrogen (secondary N) is 2. The number of carbonyl (C=O) groups excluding carboxylic acids is 2. The van der Waals surface area contributed by atoms with E-state index in [1.54, 1.807) is 37.3 Å². The zero-order valence-electron chi connectivity index (χ0n) is 11.5.